The Morgan fingerprint density at radius 3 is 2.35 bits per heavy atom. The lowest BCUT2D eigenvalue weighted by Gasteiger charge is -2.37. The lowest BCUT2D eigenvalue weighted by molar-refractivity contribution is 0.0745. The minimum Gasteiger partial charge on any atom is -0.368 e. The van der Waals surface area contributed by atoms with E-state index in [0.29, 0.717) is 56.4 Å². The second-order valence-corrected chi connectivity index (χ2v) is 12.9. The highest BCUT2D eigenvalue weighted by atomic mass is 35.5. The highest BCUT2D eigenvalue weighted by Gasteiger charge is 2.28. The molecule has 212 valence electrons. The van der Waals surface area contributed by atoms with Crippen LogP contribution in [0.1, 0.15) is 41.6 Å². The molecule has 0 bridgehead atoms. The fourth-order valence-electron chi connectivity index (χ4n) is 5.65. The number of aryl methyl sites for hydroxylation is 1. The number of carbonyl (C=O) groups excluding carboxylic acids is 1. The van der Waals surface area contributed by atoms with E-state index in [1.54, 1.807) is 33.9 Å². The zero-order valence-electron chi connectivity index (χ0n) is 22.8. The first-order valence-electron chi connectivity index (χ1n) is 13.8. The summed E-state index contributed by atoms with van der Waals surface area (Å²) in [5, 5.41) is 0.882. The molecule has 8 nitrogen and oxygen atoms in total. The Bertz CT molecular complexity index is 1600. The van der Waals surface area contributed by atoms with E-state index in [4.69, 9.17) is 11.6 Å². The average Bonchev–Trinajstić information content (AvgIpc) is 3.26. The SMILES string of the molecule is C=CCn1cc(C(=O)N2CCN(c3cc(Cl)ccc3C)CC2)c(=O)c2cc(S(=O)(=O)N3CCCCCC3)ccc21. The molecule has 2 saturated heterocycles. The molecule has 0 saturated carbocycles. The maximum atomic E-state index is 13.7. The molecule has 0 radical (unpaired) electrons. The first-order chi connectivity index (χ1) is 19.2. The largest absolute Gasteiger partial charge is 0.368 e. The first kappa shape index (κ1) is 28.4. The van der Waals surface area contributed by atoms with E-state index >= 15 is 0 Å². The molecule has 3 heterocycles. The summed E-state index contributed by atoms with van der Waals surface area (Å²) in [5.41, 5.74) is 2.29. The topological polar surface area (TPSA) is 82.9 Å². The van der Waals surface area contributed by atoms with E-state index in [2.05, 4.69) is 11.5 Å². The van der Waals surface area contributed by atoms with E-state index in [0.717, 1.165) is 36.9 Å². The molecular formula is C30H35ClN4O4S. The number of rotatable bonds is 6. The number of sulfonamides is 1. The van der Waals surface area contributed by atoms with Crippen molar-refractivity contribution < 1.29 is 13.2 Å². The number of carbonyl (C=O) groups is 1. The van der Waals surface area contributed by atoms with Gasteiger partial charge in [-0.3, -0.25) is 9.59 Å². The van der Waals surface area contributed by atoms with Crippen LogP contribution in [0.5, 0.6) is 0 Å². The zero-order chi connectivity index (χ0) is 28.4. The molecule has 2 aliphatic heterocycles. The van der Waals surface area contributed by atoms with E-state index in [1.807, 2.05) is 25.1 Å². The Balaban J connectivity index is 1.46. The van der Waals surface area contributed by atoms with Crippen molar-refractivity contribution in [1.82, 2.24) is 13.8 Å². The minimum absolute atomic E-state index is 0.0334. The third-order valence-electron chi connectivity index (χ3n) is 7.89. The van der Waals surface area contributed by atoms with E-state index < -0.39 is 15.5 Å². The molecular weight excluding hydrogens is 548 g/mol. The van der Waals surface area contributed by atoms with E-state index in [1.165, 1.54) is 10.4 Å². The van der Waals surface area contributed by atoms with Crippen LogP contribution < -0.4 is 10.3 Å². The van der Waals surface area contributed by atoms with Crippen LogP contribution in [-0.4, -0.2) is 67.4 Å². The zero-order valence-corrected chi connectivity index (χ0v) is 24.4. The van der Waals surface area contributed by atoms with Crippen LogP contribution in [0.4, 0.5) is 5.69 Å². The predicted octanol–water partition coefficient (Wildman–Crippen LogP) is 4.68. The van der Waals surface area contributed by atoms with Gasteiger partial charge in [0.15, 0.2) is 0 Å². The number of piperazine rings is 1. The van der Waals surface area contributed by atoms with Gasteiger partial charge in [0.2, 0.25) is 15.5 Å². The van der Waals surface area contributed by atoms with Crippen LogP contribution in [-0.2, 0) is 16.6 Å². The quantitative estimate of drug-likeness (QED) is 0.394. The number of hydrogen-bond donors (Lipinski definition) is 0. The molecule has 0 aliphatic carbocycles. The van der Waals surface area contributed by atoms with Crippen LogP contribution >= 0.6 is 11.6 Å². The molecule has 0 spiro atoms. The van der Waals surface area contributed by atoms with Crippen LogP contribution in [0.3, 0.4) is 0 Å². The highest BCUT2D eigenvalue weighted by Crippen LogP contribution is 2.27. The van der Waals surface area contributed by atoms with Gasteiger partial charge in [-0.05, 0) is 55.7 Å². The molecule has 2 aliphatic rings. The fraction of sp³-hybridized carbons (Fsp3) is 0.400. The van der Waals surface area contributed by atoms with Gasteiger partial charge >= 0.3 is 0 Å². The standard InChI is InChI=1S/C30H35ClN4O4S/c1-3-12-34-21-26(30(37)33-17-15-32(16-18-33)28-19-23(31)9-8-22(28)2)29(36)25-20-24(10-11-27(25)34)40(38,39)35-13-6-4-5-7-14-35/h3,8-11,19-21H,1,4-7,12-18H2,2H3. The Hall–Kier alpha value is -3.14. The predicted molar refractivity (Wildman–Crippen MR) is 160 cm³/mol. The van der Waals surface area contributed by atoms with Crippen molar-refractivity contribution in [2.75, 3.05) is 44.2 Å². The number of nitrogens with zero attached hydrogens (tertiary/aromatic N) is 4. The smallest absolute Gasteiger partial charge is 0.259 e. The van der Waals surface area contributed by atoms with Gasteiger partial charge in [0.05, 0.1) is 10.4 Å². The van der Waals surface area contributed by atoms with Gasteiger partial charge < -0.3 is 14.4 Å². The van der Waals surface area contributed by atoms with Gasteiger partial charge in [0.25, 0.3) is 5.91 Å². The van der Waals surface area contributed by atoms with E-state index in [9.17, 15) is 18.0 Å². The first-order valence-corrected chi connectivity index (χ1v) is 15.6. The normalized spacial score (nSPS) is 17.1. The molecule has 3 aromatic rings. The van der Waals surface area contributed by atoms with Gasteiger partial charge in [0.1, 0.15) is 5.56 Å². The second-order valence-electron chi connectivity index (χ2n) is 10.5. The molecule has 10 heteroatoms. The van der Waals surface area contributed by atoms with Crippen molar-refractivity contribution in [1.29, 1.82) is 0 Å². The van der Waals surface area contributed by atoms with Crippen molar-refractivity contribution in [3.05, 3.63) is 81.6 Å². The van der Waals surface area contributed by atoms with Crippen molar-refractivity contribution >= 4 is 44.1 Å². The van der Waals surface area contributed by atoms with Gasteiger partial charge in [-0.1, -0.05) is 36.6 Å². The molecule has 1 amide bonds. The molecule has 0 atom stereocenters. The van der Waals surface area contributed by atoms with Gasteiger partial charge in [-0.15, -0.1) is 6.58 Å². The lowest BCUT2D eigenvalue weighted by atomic mass is 10.1. The van der Waals surface area contributed by atoms with Gasteiger partial charge in [-0.2, -0.15) is 4.31 Å². The summed E-state index contributed by atoms with van der Waals surface area (Å²) in [6.07, 6.45) is 6.92. The summed E-state index contributed by atoms with van der Waals surface area (Å²) in [6.45, 7) is 9.29. The summed E-state index contributed by atoms with van der Waals surface area (Å²) < 4.78 is 30.3. The maximum absolute atomic E-state index is 13.7. The van der Waals surface area contributed by atoms with Crippen LogP contribution in [0.25, 0.3) is 10.9 Å². The monoisotopic (exact) mass is 582 g/mol. The molecule has 5 rings (SSSR count). The number of benzene rings is 2. The summed E-state index contributed by atoms with van der Waals surface area (Å²) in [5.74, 6) is -0.354. The number of pyridine rings is 1. The third-order valence-corrected chi connectivity index (χ3v) is 10.0. The van der Waals surface area contributed by atoms with Crippen LogP contribution in [0.2, 0.25) is 5.02 Å². The molecule has 2 fully saturated rings. The molecule has 0 N–H and O–H groups in total. The van der Waals surface area contributed by atoms with E-state index in [-0.39, 0.29) is 21.8 Å². The number of aromatic nitrogens is 1. The van der Waals surface area contributed by atoms with Crippen LogP contribution in [0.15, 0.2) is 64.9 Å². The molecule has 0 unspecified atom stereocenters. The minimum atomic E-state index is -3.76. The lowest BCUT2D eigenvalue weighted by Crippen LogP contribution is -2.49. The fourth-order valence-corrected chi connectivity index (χ4v) is 7.36. The molecule has 1 aromatic heterocycles. The van der Waals surface area contributed by atoms with Gasteiger partial charge in [-0.25, -0.2) is 8.42 Å². The number of anilines is 1. The number of allylic oxidation sites excluding steroid dienone is 1. The number of fused-ring (bicyclic) bond motifs is 1. The van der Waals surface area contributed by atoms with Crippen LogP contribution in [0, 0.1) is 6.92 Å². The maximum Gasteiger partial charge on any atom is 0.259 e. The Morgan fingerprint density at radius 2 is 1.68 bits per heavy atom. The summed E-state index contributed by atoms with van der Waals surface area (Å²) in [4.78, 5) is 31.4. The summed E-state index contributed by atoms with van der Waals surface area (Å²) >= 11 is 6.22. The third kappa shape index (κ3) is 5.55. The van der Waals surface area contributed by atoms with Crippen molar-refractivity contribution in [3.8, 4) is 0 Å². The average molecular weight is 583 g/mol. The number of halogens is 1. The second kappa shape index (κ2) is 11.8. The Morgan fingerprint density at radius 1 is 0.975 bits per heavy atom. The van der Waals surface area contributed by atoms with Crippen molar-refractivity contribution in [3.63, 3.8) is 0 Å². The molecule has 2 aromatic carbocycles. The Kier molecular flexibility index (Phi) is 8.35. The van der Waals surface area contributed by atoms with Crippen molar-refractivity contribution in [2.24, 2.45) is 0 Å². The summed E-state index contributed by atoms with van der Waals surface area (Å²) in [7, 11) is -3.76. The highest BCUT2D eigenvalue weighted by molar-refractivity contribution is 7.89. The summed E-state index contributed by atoms with van der Waals surface area (Å²) in [6, 6.07) is 10.4. The Labute approximate surface area is 240 Å². The van der Waals surface area contributed by atoms with Crippen molar-refractivity contribution in [2.45, 2.75) is 44.0 Å². The number of hydrogen-bond acceptors (Lipinski definition) is 5. The molecule has 40 heavy (non-hydrogen) atoms. The van der Waals surface area contributed by atoms with Gasteiger partial charge in [0, 0.05) is 68.1 Å². The number of amides is 1.